The lowest BCUT2D eigenvalue weighted by atomic mass is 10.1. The minimum atomic E-state index is -0.493. The Balaban J connectivity index is 1.49. The van der Waals surface area contributed by atoms with Gasteiger partial charge in [-0.3, -0.25) is 0 Å². The van der Waals surface area contributed by atoms with Gasteiger partial charge in [-0.25, -0.2) is 9.79 Å². The van der Waals surface area contributed by atoms with Crippen molar-refractivity contribution in [2.75, 3.05) is 13.2 Å². The van der Waals surface area contributed by atoms with Gasteiger partial charge in [-0.2, -0.15) is 0 Å². The molecule has 1 aliphatic rings. The summed E-state index contributed by atoms with van der Waals surface area (Å²) in [5, 5.41) is 0. The van der Waals surface area contributed by atoms with Crippen LogP contribution in [-0.4, -0.2) is 25.1 Å². The molecular weight excluding hydrogens is 446 g/mol. The fraction of sp³-hybridized carbons (Fsp3) is 0.0833. The molecule has 0 radical (unpaired) electrons. The summed E-state index contributed by atoms with van der Waals surface area (Å²) in [7, 11) is 0. The second-order valence-corrected chi connectivity index (χ2v) is 7.31. The SMILES string of the molecule is O=C1OC(c2ccccc2)=NC1=Cc1cc(Br)ccc1OCCOc1ccccc1. The quantitative estimate of drug-likeness (QED) is 0.272. The van der Waals surface area contributed by atoms with Crippen molar-refractivity contribution in [1.29, 1.82) is 0 Å². The molecule has 0 spiro atoms. The van der Waals surface area contributed by atoms with Crippen molar-refractivity contribution < 1.29 is 19.0 Å². The molecule has 6 heteroatoms. The van der Waals surface area contributed by atoms with Gasteiger partial charge >= 0.3 is 5.97 Å². The summed E-state index contributed by atoms with van der Waals surface area (Å²) >= 11 is 3.46. The molecule has 5 nitrogen and oxygen atoms in total. The van der Waals surface area contributed by atoms with Gasteiger partial charge in [-0.05, 0) is 48.5 Å². The third kappa shape index (κ3) is 4.96. The van der Waals surface area contributed by atoms with Gasteiger partial charge in [0.2, 0.25) is 5.90 Å². The predicted molar refractivity (Wildman–Crippen MR) is 119 cm³/mol. The lowest BCUT2D eigenvalue weighted by Crippen LogP contribution is -2.09. The Morgan fingerprint density at radius 1 is 0.900 bits per heavy atom. The summed E-state index contributed by atoms with van der Waals surface area (Å²) in [5.41, 5.74) is 1.68. The standard InChI is InChI=1S/C24H18BrNO4/c25-19-11-12-22(29-14-13-28-20-9-5-2-6-10-20)18(15-19)16-21-24(27)30-23(26-21)17-7-3-1-4-8-17/h1-12,15-16H,13-14H2. The van der Waals surface area contributed by atoms with Crippen molar-refractivity contribution >= 4 is 33.9 Å². The molecule has 30 heavy (non-hydrogen) atoms. The summed E-state index contributed by atoms with van der Waals surface area (Å²) in [4.78, 5) is 16.7. The maximum absolute atomic E-state index is 12.3. The molecule has 0 N–H and O–H groups in total. The molecule has 150 valence electrons. The molecule has 0 fully saturated rings. The van der Waals surface area contributed by atoms with E-state index in [4.69, 9.17) is 14.2 Å². The number of esters is 1. The van der Waals surface area contributed by atoms with Crippen LogP contribution in [0.5, 0.6) is 11.5 Å². The number of benzene rings is 3. The van der Waals surface area contributed by atoms with Gasteiger partial charge in [0.05, 0.1) is 0 Å². The molecule has 3 aromatic rings. The minimum absolute atomic E-state index is 0.220. The largest absolute Gasteiger partial charge is 0.490 e. The maximum Gasteiger partial charge on any atom is 0.363 e. The molecule has 1 heterocycles. The van der Waals surface area contributed by atoms with Gasteiger partial charge in [0, 0.05) is 15.6 Å². The van der Waals surface area contributed by atoms with E-state index in [-0.39, 0.29) is 5.70 Å². The number of nitrogens with zero attached hydrogens (tertiary/aromatic N) is 1. The van der Waals surface area contributed by atoms with Crippen LogP contribution in [0.25, 0.3) is 6.08 Å². The summed E-state index contributed by atoms with van der Waals surface area (Å²) in [6.07, 6.45) is 1.66. The smallest absolute Gasteiger partial charge is 0.363 e. The summed E-state index contributed by atoms with van der Waals surface area (Å²) in [5.74, 6) is 1.21. The third-order valence-corrected chi connectivity index (χ3v) is 4.75. The number of hydrogen-bond acceptors (Lipinski definition) is 5. The van der Waals surface area contributed by atoms with Crippen molar-refractivity contribution in [3.8, 4) is 11.5 Å². The molecule has 0 aliphatic carbocycles. The van der Waals surface area contributed by atoms with E-state index in [1.807, 2.05) is 78.9 Å². The molecule has 0 saturated heterocycles. The topological polar surface area (TPSA) is 57.1 Å². The molecule has 1 aliphatic heterocycles. The van der Waals surface area contributed by atoms with Crippen LogP contribution in [-0.2, 0) is 9.53 Å². The van der Waals surface area contributed by atoms with Crippen LogP contribution in [0.2, 0.25) is 0 Å². The second-order valence-electron chi connectivity index (χ2n) is 6.39. The highest BCUT2D eigenvalue weighted by atomic mass is 79.9. The van der Waals surface area contributed by atoms with Crippen LogP contribution in [0.4, 0.5) is 0 Å². The molecule has 0 amide bonds. The molecule has 4 rings (SSSR count). The Bertz CT molecular complexity index is 1090. The van der Waals surface area contributed by atoms with Crippen LogP contribution in [0.3, 0.4) is 0 Å². The van der Waals surface area contributed by atoms with Gasteiger partial charge in [0.25, 0.3) is 0 Å². The van der Waals surface area contributed by atoms with Crippen LogP contribution < -0.4 is 9.47 Å². The zero-order chi connectivity index (χ0) is 20.8. The predicted octanol–water partition coefficient (Wildman–Crippen LogP) is 5.25. The Morgan fingerprint density at radius 2 is 1.60 bits per heavy atom. The number of carbonyl (C=O) groups is 1. The highest BCUT2D eigenvalue weighted by molar-refractivity contribution is 9.10. The first kappa shape index (κ1) is 19.9. The number of carbonyl (C=O) groups excluding carboxylic acids is 1. The van der Waals surface area contributed by atoms with E-state index < -0.39 is 5.97 Å². The first-order valence-electron chi connectivity index (χ1n) is 9.37. The van der Waals surface area contributed by atoms with E-state index in [9.17, 15) is 4.79 Å². The highest BCUT2D eigenvalue weighted by Gasteiger charge is 2.24. The number of rotatable bonds is 7. The second kappa shape index (κ2) is 9.41. The summed E-state index contributed by atoms with van der Waals surface area (Å²) < 4.78 is 17.7. The zero-order valence-corrected chi connectivity index (χ0v) is 17.5. The number of ether oxygens (including phenoxy) is 3. The highest BCUT2D eigenvalue weighted by Crippen LogP contribution is 2.28. The number of aliphatic imine (C=N–C) groups is 1. The van der Waals surface area contributed by atoms with E-state index in [0.717, 1.165) is 15.8 Å². The zero-order valence-electron chi connectivity index (χ0n) is 16.0. The molecule has 0 bridgehead atoms. The number of cyclic esters (lactones) is 1. The van der Waals surface area contributed by atoms with Crippen LogP contribution >= 0.6 is 15.9 Å². The van der Waals surface area contributed by atoms with Crippen molar-refractivity contribution in [2.45, 2.75) is 0 Å². The Hall–Kier alpha value is -3.38. The van der Waals surface area contributed by atoms with Crippen molar-refractivity contribution in [2.24, 2.45) is 4.99 Å². The van der Waals surface area contributed by atoms with Crippen LogP contribution in [0.1, 0.15) is 11.1 Å². The number of para-hydroxylation sites is 1. The van der Waals surface area contributed by atoms with E-state index in [2.05, 4.69) is 20.9 Å². The number of hydrogen-bond donors (Lipinski definition) is 0. The van der Waals surface area contributed by atoms with Crippen molar-refractivity contribution in [1.82, 2.24) is 0 Å². The maximum atomic E-state index is 12.3. The molecule has 0 aromatic heterocycles. The lowest BCUT2D eigenvalue weighted by molar-refractivity contribution is -0.129. The van der Waals surface area contributed by atoms with E-state index in [0.29, 0.717) is 30.4 Å². The van der Waals surface area contributed by atoms with Gasteiger partial charge in [0.1, 0.15) is 24.7 Å². The lowest BCUT2D eigenvalue weighted by Gasteiger charge is -2.11. The normalized spacial score (nSPS) is 14.4. The minimum Gasteiger partial charge on any atom is -0.490 e. The number of halogens is 1. The Morgan fingerprint density at radius 3 is 2.37 bits per heavy atom. The molecular formula is C24H18BrNO4. The van der Waals surface area contributed by atoms with Gasteiger partial charge in [0.15, 0.2) is 5.70 Å². The monoisotopic (exact) mass is 463 g/mol. The van der Waals surface area contributed by atoms with Crippen LogP contribution in [0, 0.1) is 0 Å². The first-order valence-corrected chi connectivity index (χ1v) is 10.2. The van der Waals surface area contributed by atoms with E-state index in [1.54, 1.807) is 6.08 Å². The summed E-state index contributed by atoms with van der Waals surface area (Å²) in [6.45, 7) is 0.754. The average Bonchev–Trinajstić information content (AvgIpc) is 3.14. The van der Waals surface area contributed by atoms with Gasteiger partial charge in [-0.1, -0.05) is 52.3 Å². The molecule has 0 saturated carbocycles. The Labute approximate surface area is 182 Å². The Kier molecular flexibility index (Phi) is 6.25. The average molecular weight is 464 g/mol. The van der Waals surface area contributed by atoms with Gasteiger partial charge in [-0.15, -0.1) is 0 Å². The first-order chi connectivity index (χ1) is 14.7. The van der Waals surface area contributed by atoms with E-state index >= 15 is 0 Å². The molecule has 0 unspecified atom stereocenters. The van der Waals surface area contributed by atoms with Crippen molar-refractivity contribution in [3.63, 3.8) is 0 Å². The summed E-state index contributed by atoms with van der Waals surface area (Å²) in [6, 6.07) is 24.4. The fourth-order valence-electron chi connectivity index (χ4n) is 2.85. The van der Waals surface area contributed by atoms with Gasteiger partial charge < -0.3 is 14.2 Å². The molecule has 3 aromatic carbocycles. The third-order valence-electron chi connectivity index (χ3n) is 4.26. The van der Waals surface area contributed by atoms with Crippen molar-refractivity contribution in [3.05, 3.63) is 100 Å². The van der Waals surface area contributed by atoms with E-state index in [1.165, 1.54) is 0 Å². The molecule has 0 atom stereocenters. The van der Waals surface area contributed by atoms with Crippen LogP contribution in [0.15, 0.2) is 94.0 Å². The fourth-order valence-corrected chi connectivity index (χ4v) is 3.23.